The minimum Gasteiger partial charge on any atom is -0.493 e. The molecule has 2 heterocycles. The summed E-state index contributed by atoms with van der Waals surface area (Å²) in [6.45, 7) is 2.07. The molecular formula is C27H28N4O5S2. The van der Waals surface area contributed by atoms with Gasteiger partial charge in [0.05, 0.1) is 30.5 Å². The zero-order chi connectivity index (χ0) is 27.4. The maximum absolute atomic E-state index is 13.0. The number of nitrogens with one attached hydrogen (secondary N) is 1. The molecule has 9 nitrogen and oxygen atoms in total. The van der Waals surface area contributed by atoms with E-state index in [1.165, 1.54) is 21.3 Å². The molecule has 0 saturated carbocycles. The third kappa shape index (κ3) is 5.53. The summed E-state index contributed by atoms with van der Waals surface area (Å²) >= 11 is 6.63. The molecule has 1 N–H and O–H groups in total. The van der Waals surface area contributed by atoms with Crippen LogP contribution < -0.4 is 20.3 Å². The topological polar surface area (TPSA) is 94.8 Å². The smallest absolute Gasteiger partial charge is 0.295 e. The number of nitrogens with zero attached hydrogens (tertiary/aromatic N) is 3. The number of rotatable bonds is 9. The van der Waals surface area contributed by atoms with Crippen LogP contribution in [-0.2, 0) is 16.6 Å². The number of amides is 2. The van der Waals surface area contributed by atoms with Crippen LogP contribution in [0.15, 0.2) is 58.2 Å². The number of ether oxygens (including phenoxy) is 2. The zero-order valence-corrected chi connectivity index (χ0v) is 23.1. The summed E-state index contributed by atoms with van der Waals surface area (Å²) < 4.78 is 14.2. The summed E-state index contributed by atoms with van der Waals surface area (Å²) in [6.07, 6.45) is 2.27. The molecule has 38 heavy (non-hydrogen) atoms. The van der Waals surface area contributed by atoms with Crippen LogP contribution in [0.2, 0.25) is 0 Å². The van der Waals surface area contributed by atoms with Crippen molar-refractivity contribution < 1.29 is 19.1 Å². The monoisotopic (exact) mass is 552 g/mol. The van der Waals surface area contributed by atoms with Gasteiger partial charge in [-0.25, -0.2) is 4.68 Å². The number of benzene rings is 2. The highest BCUT2D eigenvalue weighted by Crippen LogP contribution is 2.34. The van der Waals surface area contributed by atoms with Gasteiger partial charge in [-0.1, -0.05) is 48.2 Å². The molecule has 0 aliphatic carbocycles. The van der Waals surface area contributed by atoms with Gasteiger partial charge in [0.25, 0.3) is 11.5 Å². The maximum atomic E-state index is 13.0. The third-order valence-corrected chi connectivity index (χ3v) is 7.56. The minimum absolute atomic E-state index is 0.130. The van der Waals surface area contributed by atoms with E-state index in [1.807, 2.05) is 36.4 Å². The SMILES string of the molecule is COc1ccc(C=C2SC(=S)N(CCCC(=O)Nc3c(C)n(C)n(-c4ccccc4)c3=O)C2=O)cc1OC. The van der Waals surface area contributed by atoms with Crippen LogP contribution in [0.5, 0.6) is 11.5 Å². The summed E-state index contributed by atoms with van der Waals surface area (Å²) in [6, 6.07) is 14.6. The van der Waals surface area contributed by atoms with E-state index in [0.29, 0.717) is 45.1 Å². The predicted molar refractivity (Wildman–Crippen MR) is 153 cm³/mol. The Labute approximate surface area is 230 Å². The number of hydrogen-bond acceptors (Lipinski definition) is 7. The molecule has 11 heteroatoms. The molecule has 1 fully saturated rings. The van der Waals surface area contributed by atoms with Crippen LogP contribution in [0.3, 0.4) is 0 Å². The Kier molecular flexibility index (Phi) is 8.38. The van der Waals surface area contributed by atoms with Crippen LogP contribution >= 0.6 is 24.0 Å². The van der Waals surface area contributed by atoms with Gasteiger partial charge in [0, 0.05) is 20.0 Å². The fourth-order valence-electron chi connectivity index (χ4n) is 4.10. The second kappa shape index (κ2) is 11.7. The van der Waals surface area contributed by atoms with E-state index in [0.717, 1.165) is 5.56 Å². The molecule has 1 aliphatic rings. The van der Waals surface area contributed by atoms with Crippen LogP contribution in [0.4, 0.5) is 5.69 Å². The fourth-order valence-corrected chi connectivity index (χ4v) is 5.41. The number of thiocarbonyl (C=S) groups is 1. The lowest BCUT2D eigenvalue weighted by Gasteiger charge is -2.14. The lowest BCUT2D eigenvalue weighted by atomic mass is 10.2. The zero-order valence-electron chi connectivity index (χ0n) is 21.5. The molecule has 3 aromatic rings. The molecule has 0 unspecified atom stereocenters. The second-order valence-corrected chi connectivity index (χ2v) is 10.2. The highest BCUT2D eigenvalue weighted by atomic mass is 32.2. The van der Waals surface area contributed by atoms with Crippen molar-refractivity contribution in [2.45, 2.75) is 19.8 Å². The Bertz CT molecular complexity index is 1480. The molecule has 0 radical (unpaired) electrons. The van der Waals surface area contributed by atoms with Crippen molar-refractivity contribution in [3.63, 3.8) is 0 Å². The molecule has 0 atom stereocenters. The molecule has 2 aromatic carbocycles. The number of aromatic nitrogens is 2. The molecule has 1 saturated heterocycles. The summed E-state index contributed by atoms with van der Waals surface area (Å²) in [5, 5.41) is 2.75. The van der Waals surface area contributed by atoms with E-state index >= 15 is 0 Å². The molecular weight excluding hydrogens is 524 g/mol. The van der Waals surface area contributed by atoms with Gasteiger partial charge in [0.2, 0.25) is 5.91 Å². The van der Waals surface area contributed by atoms with Crippen LogP contribution in [0.25, 0.3) is 11.8 Å². The second-order valence-electron chi connectivity index (χ2n) is 8.54. The van der Waals surface area contributed by atoms with E-state index in [9.17, 15) is 14.4 Å². The van der Waals surface area contributed by atoms with Gasteiger partial charge in [-0.3, -0.25) is 24.0 Å². The lowest BCUT2D eigenvalue weighted by molar-refractivity contribution is -0.122. The molecule has 4 rings (SSSR count). The van der Waals surface area contributed by atoms with Gasteiger partial charge in [0.15, 0.2) is 11.5 Å². The average Bonchev–Trinajstić information content (AvgIpc) is 3.30. The molecule has 198 valence electrons. The Morgan fingerprint density at radius 3 is 2.47 bits per heavy atom. The van der Waals surface area contributed by atoms with Gasteiger partial charge >= 0.3 is 0 Å². The van der Waals surface area contributed by atoms with Crippen molar-refractivity contribution in [1.29, 1.82) is 0 Å². The van der Waals surface area contributed by atoms with Crippen molar-refractivity contribution in [3.8, 4) is 17.2 Å². The largest absolute Gasteiger partial charge is 0.493 e. The molecule has 0 bridgehead atoms. The highest BCUT2D eigenvalue weighted by Gasteiger charge is 2.31. The number of carbonyl (C=O) groups is 2. The lowest BCUT2D eigenvalue weighted by Crippen LogP contribution is -2.30. The van der Waals surface area contributed by atoms with Crippen molar-refractivity contribution in [3.05, 3.63) is 75.0 Å². The molecule has 0 spiro atoms. The standard InChI is InChI=1S/C27H28N4O5S2/c1-17-24(26(34)31(29(17)2)19-9-6-5-7-10-19)28-23(32)11-8-14-30-25(33)22(38-27(30)37)16-18-12-13-20(35-3)21(15-18)36-4/h5-7,9-10,12-13,15-16H,8,11,14H2,1-4H3,(H,28,32). The predicted octanol–water partition coefficient (Wildman–Crippen LogP) is 4.12. The summed E-state index contributed by atoms with van der Waals surface area (Å²) in [5.74, 6) is 0.647. The van der Waals surface area contributed by atoms with Gasteiger partial charge in [-0.05, 0) is 49.2 Å². The normalized spacial score (nSPS) is 14.3. The van der Waals surface area contributed by atoms with Crippen LogP contribution in [0, 0.1) is 6.92 Å². The van der Waals surface area contributed by atoms with Crippen molar-refractivity contribution in [2.24, 2.45) is 7.05 Å². The van der Waals surface area contributed by atoms with E-state index in [1.54, 1.807) is 51.1 Å². The van der Waals surface area contributed by atoms with E-state index < -0.39 is 0 Å². The molecule has 1 aliphatic heterocycles. The number of carbonyl (C=O) groups excluding carboxylic acids is 2. The summed E-state index contributed by atoms with van der Waals surface area (Å²) in [7, 11) is 4.88. The van der Waals surface area contributed by atoms with Crippen LogP contribution in [-0.4, -0.2) is 51.2 Å². The van der Waals surface area contributed by atoms with Gasteiger partial charge in [-0.15, -0.1) is 0 Å². The number of thioether (sulfide) groups is 1. The van der Waals surface area contributed by atoms with E-state index in [-0.39, 0.29) is 29.5 Å². The van der Waals surface area contributed by atoms with Crippen LogP contribution in [0.1, 0.15) is 24.1 Å². The number of anilines is 1. The Morgan fingerprint density at radius 1 is 1.08 bits per heavy atom. The van der Waals surface area contributed by atoms with Gasteiger partial charge in [-0.2, -0.15) is 0 Å². The van der Waals surface area contributed by atoms with E-state index in [2.05, 4.69) is 5.32 Å². The minimum atomic E-state index is -0.304. The fraction of sp³-hybridized carbons (Fsp3) is 0.259. The van der Waals surface area contributed by atoms with Crippen molar-refractivity contribution >= 4 is 51.9 Å². The first-order valence-electron chi connectivity index (χ1n) is 11.9. The number of hydrogen-bond donors (Lipinski definition) is 1. The first kappa shape index (κ1) is 27.2. The maximum Gasteiger partial charge on any atom is 0.295 e. The first-order chi connectivity index (χ1) is 18.2. The summed E-state index contributed by atoms with van der Waals surface area (Å²) in [5.41, 5.74) is 2.07. The van der Waals surface area contributed by atoms with Crippen molar-refractivity contribution in [1.82, 2.24) is 14.3 Å². The first-order valence-corrected chi connectivity index (χ1v) is 13.1. The quantitative estimate of drug-likeness (QED) is 0.315. The van der Waals surface area contributed by atoms with Crippen molar-refractivity contribution in [2.75, 3.05) is 26.1 Å². The third-order valence-electron chi connectivity index (χ3n) is 6.18. The van der Waals surface area contributed by atoms with E-state index in [4.69, 9.17) is 21.7 Å². The van der Waals surface area contributed by atoms with Gasteiger partial charge < -0.3 is 14.8 Å². The van der Waals surface area contributed by atoms with Gasteiger partial charge in [0.1, 0.15) is 10.0 Å². The summed E-state index contributed by atoms with van der Waals surface area (Å²) in [4.78, 5) is 40.7. The average molecular weight is 553 g/mol. The molecule has 2 amide bonds. The molecule has 1 aromatic heterocycles. The Hall–Kier alpha value is -3.83. The number of methoxy groups -OCH3 is 2. The number of para-hydroxylation sites is 1. The Morgan fingerprint density at radius 2 is 1.79 bits per heavy atom. The highest BCUT2D eigenvalue weighted by molar-refractivity contribution is 8.26. The Balaban J connectivity index is 1.38.